The highest BCUT2D eigenvalue weighted by Crippen LogP contribution is 2.35. The van der Waals surface area contributed by atoms with E-state index in [1.807, 2.05) is 54.7 Å². The van der Waals surface area contributed by atoms with Crippen molar-refractivity contribution >= 4 is 26.8 Å². The fraction of sp³-hybridized carbons (Fsp3) is 0.238. The molecule has 1 aromatic heterocycles. The van der Waals surface area contributed by atoms with Crippen LogP contribution < -0.4 is 0 Å². The maximum Gasteiger partial charge on any atom is 0.178 e. The van der Waals surface area contributed by atoms with Crippen LogP contribution in [0, 0.1) is 11.8 Å². The first-order chi connectivity index (χ1) is 11.6. The number of hydrogen-bond donors (Lipinski definition) is 2. The van der Waals surface area contributed by atoms with Gasteiger partial charge in [-0.3, -0.25) is 0 Å². The molecule has 0 aliphatic heterocycles. The molecule has 0 spiro atoms. The van der Waals surface area contributed by atoms with E-state index in [4.69, 9.17) is 0 Å². The van der Waals surface area contributed by atoms with Gasteiger partial charge in [0.25, 0.3) is 0 Å². The molecule has 0 fully saturated rings. The predicted octanol–water partition coefficient (Wildman–Crippen LogP) is 5.36. The Labute approximate surface area is 151 Å². The van der Waals surface area contributed by atoms with E-state index in [1.54, 1.807) is 0 Å². The van der Waals surface area contributed by atoms with E-state index in [-0.39, 0.29) is 0 Å². The molecule has 122 valence electrons. The van der Waals surface area contributed by atoms with E-state index in [1.165, 1.54) is 0 Å². The Balaban J connectivity index is 2.16. The van der Waals surface area contributed by atoms with E-state index < -0.39 is 5.60 Å². The number of nitrogens with one attached hydrogen (secondary N) is 1. The van der Waals surface area contributed by atoms with Crippen LogP contribution in [0.3, 0.4) is 0 Å². The van der Waals surface area contributed by atoms with Gasteiger partial charge in [0.05, 0.1) is 0 Å². The second kappa shape index (κ2) is 7.25. The summed E-state index contributed by atoms with van der Waals surface area (Å²) >= 11 is 3.52. The highest BCUT2D eigenvalue weighted by atomic mass is 79.9. The first-order valence-corrected chi connectivity index (χ1v) is 8.99. The van der Waals surface area contributed by atoms with Crippen molar-refractivity contribution in [2.24, 2.45) is 0 Å². The number of benzene rings is 2. The molecule has 3 aromatic rings. The van der Waals surface area contributed by atoms with Crippen molar-refractivity contribution in [1.82, 2.24) is 4.98 Å². The number of aromatic amines is 1. The minimum atomic E-state index is -1.33. The van der Waals surface area contributed by atoms with Crippen molar-refractivity contribution < 1.29 is 5.11 Å². The van der Waals surface area contributed by atoms with Crippen LogP contribution in [0.5, 0.6) is 0 Å². The molecule has 3 heteroatoms. The lowest BCUT2D eigenvalue weighted by atomic mass is 9.86. The van der Waals surface area contributed by atoms with Crippen LogP contribution in [0.15, 0.2) is 59.2 Å². The molecule has 1 heterocycles. The van der Waals surface area contributed by atoms with Gasteiger partial charge in [0.2, 0.25) is 0 Å². The van der Waals surface area contributed by atoms with Crippen LogP contribution >= 0.6 is 15.9 Å². The summed E-state index contributed by atoms with van der Waals surface area (Å²) in [6.45, 7) is 2.14. The molecule has 2 aromatic carbocycles. The zero-order chi connectivity index (χ0) is 17.0. The number of aliphatic hydroxyl groups is 1. The van der Waals surface area contributed by atoms with Gasteiger partial charge in [-0.25, -0.2) is 0 Å². The number of unbranched alkanes of at least 4 members (excludes halogenated alkanes) is 2. The second-order valence-electron chi connectivity index (χ2n) is 5.87. The third-order valence-corrected chi connectivity index (χ3v) is 4.64. The summed E-state index contributed by atoms with van der Waals surface area (Å²) in [6.07, 6.45) is 4.78. The number of fused-ring (bicyclic) bond motifs is 1. The lowest BCUT2D eigenvalue weighted by molar-refractivity contribution is 0.147. The average molecular weight is 382 g/mol. The highest BCUT2D eigenvalue weighted by molar-refractivity contribution is 9.10. The van der Waals surface area contributed by atoms with E-state index in [9.17, 15) is 5.11 Å². The van der Waals surface area contributed by atoms with Crippen LogP contribution in [0.1, 0.15) is 37.3 Å². The fourth-order valence-corrected chi connectivity index (χ4v) is 3.18. The summed E-state index contributed by atoms with van der Waals surface area (Å²) in [5, 5.41) is 12.5. The Hall–Kier alpha value is -2.02. The van der Waals surface area contributed by atoms with Crippen molar-refractivity contribution in [2.45, 2.75) is 31.8 Å². The number of H-pyrrole nitrogens is 1. The van der Waals surface area contributed by atoms with E-state index >= 15 is 0 Å². The van der Waals surface area contributed by atoms with Gasteiger partial charge < -0.3 is 10.1 Å². The van der Waals surface area contributed by atoms with Gasteiger partial charge in [-0.05, 0) is 24.6 Å². The SMILES string of the molecule is CCCCC#CC(O)(c1ccccc1)c1c[nH]c2ccc(Br)cc12. The predicted molar refractivity (Wildman–Crippen MR) is 103 cm³/mol. The number of rotatable bonds is 4. The molecular formula is C21H20BrNO. The smallest absolute Gasteiger partial charge is 0.178 e. The summed E-state index contributed by atoms with van der Waals surface area (Å²) in [4.78, 5) is 3.24. The molecule has 24 heavy (non-hydrogen) atoms. The molecule has 3 rings (SSSR count). The normalized spacial score (nSPS) is 13.3. The van der Waals surface area contributed by atoms with Gasteiger partial charge in [-0.2, -0.15) is 0 Å². The summed E-state index contributed by atoms with van der Waals surface area (Å²) in [6, 6.07) is 15.6. The Bertz CT molecular complexity index is 888. The van der Waals surface area contributed by atoms with Crippen molar-refractivity contribution in [2.75, 3.05) is 0 Å². The molecular weight excluding hydrogens is 362 g/mol. The molecule has 2 nitrogen and oxygen atoms in total. The summed E-state index contributed by atoms with van der Waals surface area (Å²) in [5.74, 6) is 6.30. The van der Waals surface area contributed by atoms with Gasteiger partial charge in [-0.15, -0.1) is 0 Å². The molecule has 2 N–H and O–H groups in total. The maximum absolute atomic E-state index is 11.5. The van der Waals surface area contributed by atoms with Crippen LogP contribution in [0.25, 0.3) is 10.9 Å². The molecule has 0 radical (unpaired) electrons. The quantitative estimate of drug-likeness (QED) is 0.463. The van der Waals surface area contributed by atoms with E-state index in [0.29, 0.717) is 0 Å². The number of hydrogen-bond acceptors (Lipinski definition) is 1. The van der Waals surface area contributed by atoms with Crippen LogP contribution in [0.4, 0.5) is 0 Å². The molecule has 0 saturated carbocycles. The van der Waals surface area contributed by atoms with Crippen molar-refractivity contribution in [1.29, 1.82) is 0 Å². The van der Waals surface area contributed by atoms with Gasteiger partial charge in [0, 0.05) is 39.1 Å². The molecule has 0 bridgehead atoms. The van der Waals surface area contributed by atoms with Crippen LogP contribution in [0.2, 0.25) is 0 Å². The second-order valence-corrected chi connectivity index (χ2v) is 6.79. The van der Waals surface area contributed by atoms with Crippen LogP contribution in [-0.2, 0) is 5.60 Å². The van der Waals surface area contributed by atoms with E-state index in [2.05, 4.69) is 39.7 Å². The molecule has 0 amide bonds. The Morgan fingerprint density at radius 2 is 1.96 bits per heavy atom. The topological polar surface area (TPSA) is 36.0 Å². The minimum Gasteiger partial charge on any atom is -0.369 e. The monoisotopic (exact) mass is 381 g/mol. The Kier molecular flexibility index (Phi) is 5.08. The van der Waals surface area contributed by atoms with Gasteiger partial charge in [0.1, 0.15) is 0 Å². The van der Waals surface area contributed by atoms with Crippen molar-refractivity contribution in [3.63, 3.8) is 0 Å². The van der Waals surface area contributed by atoms with Crippen LogP contribution in [-0.4, -0.2) is 10.1 Å². The number of aromatic nitrogens is 1. The number of halogens is 1. The largest absolute Gasteiger partial charge is 0.369 e. The zero-order valence-electron chi connectivity index (χ0n) is 13.6. The summed E-state index contributed by atoms with van der Waals surface area (Å²) in [5.41, 5.74) is 1.23. The van der Waals surface area contributed by atoms with E-state index in [0.717, 1.165) is 45.8 Å². The Morgan fingerprint density at radius 1 is 1.17 bits per heavy atom. The lowest BCUT2D eigenvalue weighted by Gasteiger charge is -2.23. The molecule has 1 unspecified atom stereocenters. The first kappa shape index (κ1) is 16.8. The highest BCUT2D eigenvalue weighted by Gasteiger charge is 2.32. The third-order valence-electron chi connectivity index (χ3n) is 4.15. The maximum atomic E-state index is 11.5. The molecule has 0 aliphatic rings. The zero-order valence-corrected chi connectivity index (χ0v) is 15.2. The van der Waals surface area contributed by atoms with Crippen molar-refractivity contribution in [3.05, 3.63) is 70.3 Å². The average Bonchev–Trinajstić information content (AvgIpc) is 3.03. The lowest BCUT2D eigenvalue weighted by Crippen LogP contribution is -2.25. The summed E-state index contributed by atoms with van der Waals surface area (Å²) < 4.78 is 0.977. The fourth-order valence-electron chi connectivity index (χ4n) is 2.82. The van der Waals surface area contributed by atoms with Gasteiger partial charge in [0.15, 0.2) is 5.60 Å². The third kappa shape index (κ3) is 3.26. The molecule has 0 saturated heterocycles. The molecule has 1 atom stereocenters. The standard InChI is InChI=1S/C21H20BrNO/c1-2-3-4-8-13-21(24,16-9-6-5-7-10-16)19-15-23-20-12-11-17(22)14-18(19)20/h5-7,9-12,14-15,23-24H,2-4H2,1H3. The van der Waals surface area contributed by atoms with Gasteiger partial charge >= 0.3 is 0 Å². The molecule has 0 aliphatic carbocycles. The summed E-state index contributed by atoms with van der Waals surface area (Å²) in [7, 11) is 0. The van der Waals surface area contributed by atoms with Crippen molar-refractivity contribution in [3.8, 4) is 11.8 Å². The first-order valence-electron chi connectivity index (χ1n) is 8.20. The minimum absolute atomic E-state index is 0.786. The Morgan fingerprint density at radius 3 is 2.71 bits per heavy atom. The van der Waals surface area contributed by atoms with Gasteiger partial charge in [-0.1, -0.05) is 71.4 Å².